The number of urea groups is 1. The van der Waals surface area contributed by atoms with Crippen LogP contribution in [0.3, 0.4) is 0 Å². The number of nitrogens with zero attached hydrogens (tertiary/aromatic N) is 1. The van der Waals surface area contributed by atoms with Gasteiger partial charge in [-0.1, -0.05) is 67.6 Å². The molecule has 1 unspecified atom stereocenters. The molecular weight excluding hydrogens is 342 g/mol. The summed E-state index contributed by atoms with van der Waals surface area (Å²) in [5, 5.41) is 5.61. The second kappa shape index (κ2) is 7.61. The van der Waals surface area contributed by atoms with Gasteiger partial charge in [0, 0.05) is 0 Å². The van der Waals surface area contributed by atoms with Crippen LogP contribution in [-0.2, 0) is 9.59 Å². The zero-order chi connectivity index (χ0) is 19.4. The molecule has 27 heavy (non-hydrogen) atoms. The maximum Gasteiger partial charge on any atom is 0.325 e. The van der Waals surface area contributed by atoms with Crippen molar-refractivity contribution in [3.63, 3.8) is 0 Å². The Balaban J connectivity index is 1.78. The summed E-state index contributed by atoms with van der Waals surface area (Å²) in [5.41, 5.74) is 0.899. The summed E-state index contributed by atoms with van der Waals surface area (Å²) in [4.78, 5) is 38.3. The second-order valence-electron chi connectivity index (χ2n) is 6.83. The van der Waals surface area contributed by atoms with Gasteiger partial charge in [0.25, 0.3) is 5.91 Å². The third-order valence-electron chi connectivity index (χ3n) is 4.93. The van der Waals surface area contributed by atoms with Gasteiger partial charge in [0.2, 0.25) is 5.91 Å². The van der Waals surface area contributed by atoms with Gasteiger partial charge in [-0.25, -0.2) is 4.79 Å². The molecule has 0 spiro atoms. The Morgan fingerprint density at radius 2 is 1.56 bits per heavy atom. The quantitative estimate of drug-likeness (QED) is 0.773. The standard InChI is InChI=1S/C21H23N3O3/c1-3-21(2)19(26)24(20(27)23-21)14-17(25)22-18(15-10-6-4-7-11-15)16-12-8-5-9-13-16/h4-13,18H,3,14H2,1-2H3,(H,22,25)(H,23,27). The number of benzene rings is 2. The van der Waals surface area contributed by atoms with Gasteiger partial charge in [0.1, 0.15) is 12.1 Å². The molecule has 1 aliphatic rings. The summed E-state index contributed by atoms with van der Waals surface area (Å²) in [6.45, 7) is 3.18. The summed E-state index contributed by atoms with van der Waals surface area (Å²) in [6.07, 6.45) is 0.465. The zero-order valence-corrected chi connectivity index (χ0v) is 15.4. The molecule has 0 aliphatic carbocycles. The number of amides is 4. The van der Waals surface area contributed by atoms with E-state index in [1.54, 1.807) is 6.92 Å². The van der Waals surface area contributed by atoms with Crippen LogP contribution in [0.1, 0.15) is 37.4 Å². The Kier molecular flexibility index (Phi) is 5.26. The maximum atomic E-state index is 12.7. The Morgan fingerprint density at radius 1 is 1.04 bits per heavy atom. The average molecular weight is 365 g/mol. The number of nitrogens with one attached hydrogen (secondary N) is 2. The lowest BCUT2D eigenvalue weighted by Crippen LogP contribution is -2.45. The van der Waals surface area contributed by atoms with Crippen molar-refractivity contribution in [2.45, 2.75) is 31.8 Å². The maximum absolute atomic E-state index is 12.7. The van der Waals surface area contributed by atoms with Crippen LogP contribution >= 0.6 is 0 Å². The minimum absolute atomic E-state index is 0.309. The monoisotopic (exact) mass is 365 g/mol. The first-order valence-corrected chi connectivity index (χ1v) is 8.98. The van der Waals surface area contributed by atoms with E-state index in [2.05, 4.69) is 10.6 Å². The fourth-order valence-electron chi connectivity index (χ4n) is 3.13. The van der Waals surface area contributed by atoms with Crippen molar-refractivity contribution >= 4 is 17.8 Å². The van der Waals surface area contributed by atoms with Crippen LogP contribution in [0.15, 0.2) is 60.7 Å². The Bertz CT molecular complexity index is 799. The topological polar surface area (TPSA) is 78.5 Å². The van der Waals surface area contributed by atoms with E-state index in [0.717, 1.165) is 16.0 Å². The summed E-state index contributed by atoms with van der Waals surface area (Å²) >= 11 is 0. The first kappa shape index (κ1) is 18.6. The van der Waals surface area contributed by atoms with E-state index < -0.39 is 17.5 Å². The van der Waals surface area contributed by atoms with Crippen molar-refractivity contribution in [1.82, 2.24) is 15.5 Å². The van der Waals surface area contributed by atoms with E-state index in [1.165, 1.54) is 0 Å². The van der Waals surface area contributed by atoms with Crippen molar-refractivity contribution in [1.29, 1.82) is 0 Å². The van der Waals surface area contributed by atoms with Crippen LogP contribution in [0.25, 0.3) is 0 Å². The van der Waals surface area contributed by atoms with Crippen LogP contribution in [0, 0.1) is 0 Å². The molecule has 2 aromatic rings. The first-order chi connectivity index (χ1) is 12.9. The fraction of sp³-hybridized carbons (Fsp3) is 0.286. The minimum Gasteiger partial charge on any atom is -0.344 e. The molecule has 1 fully saturated rings. The van der Waals surface area contributed by atoms with Crippen molar-refractivity contribution < 1.29 is 14.4 Å². The van der Waals surface area contributed by atoms with Gasteiger partial charge in [-0.3, -0.25) is 14.5 Å². The third kappa shape index (κ3) is 3.84. The average Bonchev–Trinajstić information content (AvgIpc) is 2.91. The van der Waals surface area contributed by atoms with Crippen LogP contribution < -0.4 is 10.6 Å². The Labute approximate surface area is 158 Å². The molecule has 1 aliphatic heterocycles. The molecule has 1 heterocycles. The Morgan fingerprint density at radius 3 is 2.00 bits per heavy atom. The highest BCUT2D eigenvalue weighted by molar-refractivity contribution is 6.08. The molecule has 0 radical (unpaired) electrons. The van der Waals surface area contributed by atoms with Crippen LogP contribution in [-0.4, -0.2) is 34.8 Å². The van der Waals surface area contributed by atoms with Crippen molar-refractivity contribution in [2.75, 3.05) is 6.54 Å². The lowest BCUT2D eigenvalue weighted by atomic mass is 9.98. The molecule has 1 atom stereocenters. The van der Waals surface area contributed by atoms with E-state index in [-0.39, 0.29) is 18.5 Å². The van der Waals surface area contributed by atoms with Crippen molar-refractivity contribution in [3.8, 4) is 0 Å². The Hall–Kier alpha value is -3.15. The smallest absolute Gasteiger partial charge is 0.325 e. The number of hydrogen-bond acceptors (Lipinski definition) is 3. The van der Waals surface area contributed by atoms with Crippen LogP contribution in [0.5, 0.6) is 0 Å². The predicted octanol–water partition coefficient (Wildman–Crippen LogP) is 2.61. The fourth-order valence-corrected chi connectivity index (χ4v) is 3.13. The molecule has 6 heteroatoms. The van der Waals surface area contributed by atoms with E-state index in [1.807, 2.05) is 67.6 Å². The third-order valence-corrected chi connectivity index (χ3v) is 4.93. The molecule has 4 amide bonds. The molecule has 0 bridgehead atoms. The van der Waals surface area contributed by atoms with Gasteiger partial charge >= 0.3 is 6.03 Å². The van der Waals surface area contributed by atoms with Gasteiger partial charge in [-0.15, -0.1) is 0 Å². The largest absolute Gasteiger partial charge is 0.344 e. The highest BCUT2D eigenvalue weighted by Gasteiger charge is 2.47. The van der Waals surface area contributed by atoms with Gasteiger partial charge in [-0.05, 0) is 24.5 Å². The normalized spacial score (nSPS) is 19.3. The van der Waals surface area contributed by atoms with Gasteiger partial charge in [0.05, 0.1) is 6.04 Å². The molecule has 2 aromatic carbocycles. The summed E-state index contributed by atoms with van der Waals surface area (Å²) in [6, 6.07) is 18.3. The first-order valence-electron chi connectivity index (χ1n) is 8.98. The van der Waals surface area contributed by atoms with Crippen molar-refractivity contribution in [3.05, 3.63) is 71.8 Å². The van der Waals surface area contributed by atoms with Gasteiger partial charge in [0.15, 0.2) is 0 Å². The lowest BCUT2D eigenvalue weighted by Gasteiger charge is -2.22. The zero-order valence-electron chi connectivity index (χ0n) is 15.4. The van der Waals surface area contributed by atoms with Crippen LogP contribution in [0.2, 0.25) is 0 Å². The predicted molar refractivity (Wildman–Crippen MR) is 102 cm³/mol. The van der Waals surface area contributed by atoms with E-state index in [9.17, 15) is 14.4 Å². The molecule has 1 saturated heterocycles. The van der Waals surface area contributed by atoms with Crippen LogP contribution in [0.4, 0.5) is 4.79 Å². The molecule has 2 N–H and O–H groups in total. The number of imide groups is 1. The number of carbonyl (C=O) groups excluding carboxylic acids is 3. The molecular formula is C21H23N3O3. The van der Waals surface area contributed by atoms with E-state index in [4.69, 9.17) is 0 Å². The molecule has 3 rings (SSSR count). The molecule has 140 valence electrons. The van der Waals surface area contributed by atoms with Gasteiger partial charge < -0.3 is 10.6 Å². The van der Waals surface area contributed by atoms with Crippen molar-refractivity contribution in [2.24, 2.45) is 0 Å². The summed E-state index contributed by atoms with van der Waals surface area (Å²) in [7, 11) is 0. The molecule has 0 aromatic heterocycles. The molecule has 6 nitrogen and oxygen atoms in total. The second-order valence-corrected chi connectivity index (χ2v) is 6.83. The summed E-state index contributed by atoms with van der Waals surface area (Å²) < 4.78 is 0. The molecule has 0 saturated carbocycles. The number of hydrogen-bond donors (Lipinski definition) is 2. The lowest BCUT2D eigenvalue weighted by molar-refractivity contribution is -0.134. The minimum atomic E-state index is -0.949. The highest BCUT2D eigenvalue weighted by Crippen LogP contribution is 2.23. The number of rotatable bonds is 6. The highest BCUT2D eigenvalue weighted by atomic mass is 16.2. The number of carbonyl (C=O) groups is 3. The van der Waals surface area contributed by atoms with E-state index in [0.29, 0.717) is 6.42 Å². The van der Waals surface area contributed by atoms with Gasteiger partial charge in [-0.2, -0.15) is 0 Å². The van der Waals surface area contributed by atoms with E-state index >= 15 is 0 Å². The SMILES string of the molecule is CCC1(C)NC(=O)N(CC(=O)NC(c2ccccc2)c2ccccc2)C1=O. The summed E-state index contributed by atoms with van der Waals surface area (Å²) in [5.74, 6) is -0.766.